The highest BCUT2D eigenvalue weighted by molar-refractivity contribution is 5.81. The van der Waals surface area contributed by atoms with Gasteiger partial charge in [-0.05, 0) is 13.3 Å². The summed E-state index contributed by atoms with van der Waals surface area (Å²) in [7, 11) is 0. The Morgan fingerprint density at radius 3 is 2.26 bits per heavy atom. The maximum atomic E-state index is 11.3. The molecule has 0 heterocycles. The first-order valence-electron chi connectivity index (χ1n) is 7.15. The zero-order valence-electron chi connectivity index (χ0n) is 12.2. The van der Waals surface area contributed by atoms with Gasteiger partial charge in [0, 0.05) is 12.5 Å². The smallest absolute Gasteiger partial charge is 0.330 e. The average molecular weight is 270 g/mol. The van der Waals surface area contributed by atoms with Gasteiger partial charge < -0.3 is 9.47 Å². The molecule has 0 aliphatic heterocycles. The van der Waals surface area contributed by atoms with Crippen molar-refractivity contribution >= 4 is 11.9 Å². The number of ether oxygens (including phenoxy) is 2. The van der Waals surface area contributed by atoms with Gasteiger partial charge in [-0.1, -0.05) is 45.1 Å². The van der Waals surface area contributed by atoms with Gasteiger partial charge in [0.05, 0.1) is 0 Å². The third kappa shape index (κ3) is 12.9. The van der Waals surface area contributed by atoms with Crippen LogP contribution in [0.4, 0.5) is 0 Å². The van der Waals surface area contributed by atoms with Crippen molar-refractivity contribution in [3.8, 4) is 0 Å². The summed E-state index contributed by atoms with van der Waals surface area (Å²) < 4.78 is 9.76. The van der Waals surface area contributed by atoms with Crippen LogP contribution in [0.3, 0.4) is 0 Å². The molecule has 4 nitrogen and oxygen atoms in total. The molecule has 0 aromatic carbocycles. The first kappa shape index (κ1) is 17.7. The lowest BCUT2D eigenvalue weighted by atomic mass is 10.1. The predicted molar refractivity (Wildman–Crippen MR) is 74.7 cm³/mol. The van der Waals surface area contributed by atoms with Gasteiger partial charge in [0.25, 0.3) is 0 Å². The lowest BCUT2D eigenvalue weighted by Gasteiger charge is -2.05. The third-order valence-electron chi connectivity index (χ3n) is 2.63. The van der Waals surface area contributed by atoms with Crippen LogP contribution in [0.15, 0.2) is 12.2 Å². The molecule has 0 aromatic heterocycles. The summed E-state index contributed by atoms with van der Waals surface area (Å²) >= 11 is 0. The van der Waals surface area contributed by atoms with E-state index in [1.54, 1.807) is 13.0 Å². The molecule has 0 aromatic rings. The minimum Gasteiger partial charge on any atom is -0.462 e. The van der Waals surface area contributed by atoms with Gasteiger partial charge in [0.1, 0.15) is 13.2 Å². The lowest BCUT2D eigenvalue weighted by Crippen LogP contribution is -2.12. The molecule has 0 saturated heterocycles. The number of esters is 2. The largest absolute Gasteiger partial charge is 0.462 e. The van der Waals surface area contributed by atoms with E-state index in [9.17, 15) is 9.59 Å². The fourth-order valence-electron chi connectivity index (χ4n) is 1.60. The molecular formula is C15H26O4. The van der Waals surface area contributed by atoms with Gasteiger partial charge in [0.2, 0.25) is 0 Å². The van der Waals surface area contributed by atoms with Crippen LogP contribution in [0.5, 0.6) is 0 Å². The maximum Gasteiger partial charge on any atom is 0.330 e. The normalized spacial score (nSPS) is 10.6. The highest BCUT2D eigenvalue weighted by Crippen LogP contribution is 2.07. The van der Waals surface area contributed by atoms with Crippen LogP contribution in [0.2, 0.25) is 0 Å². The standard InChI is InChI=1S/C15H26O4/c1-3-5-6-7-8-9-11-15(17)19-13-12-18-14(16)10-4-2/h4,10H,3,5-9,11-13H2,1-2H3/b10-4+. The molecule has 19 heavy (non-hydrogen) atoms. The first-order chi connectivity index (χ1) is 9.20. The van der Waals surface area contributed by atoms with Crippen molar-refractivity contribution in [2.24, 2.45) is 0 Å². The Morgan fingerprint density at radius 1 is 0.947 bits per heavy atom. The SMILES string of the molecule is C/C=C/C(=O)OCCOC(=O)CCCCCCCC. The number of hydrogen-bond acceptors (Lipinski definition) is 4. The van der Waals surface area contributed by atoms with Gasteiger partial charge in [-0.3, -0.25) is 4.79 Å². The van der Waals surface area contributed by atoms with E-state index in [0.29, 0.717) is 6.42 Å². The second kappa shape index (κ2) is 13.1. The van der Waals surface area contributed by atoms with Crippen LogP contribution < -0.4 is 0 Å². The molecule has 0 N–H and O–H groups in total. The first-order valence-corrected chi connectivity index (χ1v) is 7.15. The van der Waals surface area contributed by atoms with Crippen LogP contribution in [0.1, 0.15) is 58.8 Å². The van der Waals surface area contributed by atoms with Gasteiger partial charge in [-0.25, -0.2) is 4.79 Å². The Balaban J connectivity index is 3.32. The fraction of sp³-hybridized carbons (Fsp3) is 0.733. The van der Waals surface area contributed by atoms with E-state index in [-0.39, 0.29) is 19.2 Å². The van der Waals surface area contributed by atoms with Gasteiger partial charge in [-0.2, -0.15) is 0 Å². The Labute approximate surface area is 116 Å². The monoisotopic (exact) mass is 270 g/mol. The summed E-state index contributed by atoms with van der Waals surface area (Å²) in [6.07, 6.45) is 10.3. The highest BCUT2D eigenvalue weighted by atomic mass is 16.6. The molecule has 110 valence electrons. The van der Waals surface area contributed by atoms with E-state index in [0.717, 1.165) is 12.8 Å². The second-order valence-electron chi connectivity index (χ2n) is 4.41. The maximum absolute atomic E-state index is 11.3. The Morgan fingerprint density at radius 2 is 1.58 bits per heavy atom. The molecule has 4 heteroatoms. The highest BCUT2D eigenvalue weighted by Gasteiger charge is 2.03. The average Bonchev–Trinajstić information content (AvgIpc) is 2.39. The molecule has 0 amide bonds. The summed E-state index contributed by atoms with van der Waals surface area (Å²) in [5, 5.41) is 0. The molecule has 0 atom stereocenters. The van der Waals surface area contributed by atoms with Crippen molar-refractivity contribution in [3.63, 3.8) is 0 Å². The topological polar surface area (TPSA) is 52.6 Å². The quantitative estimate of drug-likeness (QED) is 0.328. The molecule has 0 saturated carbocycles. The second-order valence-corrected chi connectivity index (χ2v) is 4.41. The zero-order chi connectivity index (χ0) is 14.3. The zero-order valence-corrected chi connectivity index (χ0v) is 12.2. The van der Waals surface area contributed by atoms with E-state index >= 15 is 0 Å². The van der Waals surface area contributed by atoms with Crippen LogP contribution in [0, 0.1) is 0 Å². The van der Waals surface area contributed by atoms with Gasteiger partial charge in [-0.15, -0.1) is 0 Å². The summed E-state index contributed by atoms with van der Waals surface area (Å²) in [5.74, 6) is -0.618. The fourth-order valence-corrected chi connectivity index (χ4v) is 1.60. The van der Waals surface area contributed by atoms with Crippen LogP contribution in [0.25, 0.3) is 0 Å². The molecule has 0 unspecified atom stereocenters. The summed E-state index contributed by atoms with van der Waals surface area (Å²) in [4.78, 5) is 22.3. The van der Waals surface area contributed by atoms with Crippen LogP contribution in [-0.2, 0) is 19.1 Å². The van der Waals surface area contributed by atoms with Gasteiger partial charge in [0.15, 0.2) is 0 Å². The molecule has 0 fully saturated rings. The minimum absolute atomic E-state index is 0.116. The van der Waals surface area contributed by atoms with Crippen molar-refractivity contribution in [2.75, 3.05) is 13.2 Å². The molecule has 0 aliphatic rings. The van der Waals surface area contributed by atoms with E-state index in [1.807, 2.05) is 0 Å². The van der Waals surface area contributed by atoms with E-state index in [4.69, 9.17) is 9.47 Å². The molecule has 0 rings (SSSR count). The molecule has 0 bridgehead atoms. The third-order valence-corrected chi connectivity index (χ3v) is 2.63. The number of allylic oxidation sites excluding steroid dienone is 1. The number of carbonyl (C=O) groups is 2. The molecular weight excluding hydrogens is 244 g/mol. The van der Waals surface area contributed by atoms with Crippen LogP contribution in [-0.4, -0.2) is 25.2 Å². The van der Waals surface area contributed by atoms with Gasteiger partial charge >= 0.3 is 11.9 Å². The van der Waals surface area contributed by atoms with Crippen molar-refractivity contribution in [3.05, 3.63) is 12.2 Å². The molecule has 0 spiro atoms. The Bertz CT molecular complexity index is 271. The van der Waals surface area contributed by atoms with Crippen molar-refractivity contribution in [1.82, 2.24) is 0 Å². The van der Waals surface area contributed by atoms with Crippen LogP contribution >= 0.6 is 0 Å². The van der Waals surface area contributed by atoms with Crippen molar-refractivity contribution in [2.45, 2.75) is 58.8 Å². The molecule has 0 radical (unpaired) electrons. The van der Waals surface area contributed by atoms with E-state index in [1.165, 1.54) is 31.8 Å². The van der Waals surface area contributed by atoms with E-state index in [2.05, 4.69) is 6.92 Å². The molecule has 0 aliphatic carbocycles. The number of carbonyl (C=O) groups excluding carboxylic acids is 2. The lowest BCUT2D eigenvalue weighted by molar-refractivity contribution is -0.149. The van der Waals surface area contributed by atoms with Crippen molar-refractivity contribution in [1.29, 1.82) is 0 Å². The minimum atomic E-state index is -0.408. The van der Waals surface area contributed by atoms with E-state index < -0.39 is 5.97 Å². The summed E-state index contributed by atoms with van der Waals surface area (Å²) in [6, 6.07) is 0. The number of unbranched alkanes of at least 4 members (excludes halogenated alkanes) is 5. The predicted octanol–water partition coefficient (Wildman–Crippen LogP) is 3.40. The van der Waals surface area contributed by atoms with Crippen molar-refractivity contribution < 1.29 is 19.1 Å². The number of rotatable bonds is 11. The Kier molecular flexibility index (Phi) is 12.2. The Hall–Kier alpha value is -1.32. The summed E-state index contributed by atoms with van der Waals surface area (Å²) in [5.41, 5.74) is 0. The summed E-state index contributed by atoms with van der Waals surface area (Å²) in [6.45, 7) is 4.17. The number of hydrogen-bond donors (Lipinski definition) is 0.